The van der Waals surface area contributed by atoms with E-state index in [1.54, 1.807) is 6.20 Å². The fourth-order valence-electron chi connectivity index (χ4n) is 0.737. The van der Waals surface area contributed by atoms with Gasteiger partial charge >= 0.3 is 0 Å². The molecule has 1 heterocycles. The Bertz CT molecular complexity index is 263. The lowest BCUT2D eigenvalue weighted by Gasteiger charge is -2.09. The molecule has 5 nitrogen and oxygen atoms in total. The van der Waals surface area contributed by atoms with Gasteiger partial charge in [0.2, 0.25) is 5.91 Å². The number of nitrogens with zero attached hydrogens (tertiary/aromatic N) is 1. The number of aromatic nitrogens is 1. The number of carbonyl (C=O) groups excluding carboxylic acids is 1. The van der Waals surface area contributed by atoms with E-state index in [0.717, 1.165) is 5.01 Å². The summed E-state index contributed by atoms with van der Waals surface area (Å²) < 4.78 is 0. The molecule has 13 heavy (non-hydrogen) atoms. The van der Waals surface area contributed by atoms with Crippen molar-refractivity contribution in [3.63, 3.8) is 0 Å². The van der Waals surface area contributed by atoms with Gasteiger partial charge in [0.25, 0.3) is 0 Å². The zero-order chi connectivity index (χ0) is 9.68. The Kier molecular flexibility index (Phi) is 3.81. The molecule has 0 aliphatic rings. The van der Waals surface area contributed by atoms with Gasteiger partial charge in [-0.15, -0.1) is 11.3 Å². The summed E-state index contributed by atoms with van der Waals surface area (Å²) in [6.45, 7) is 1.76. The highest BCUT2D eigenvalue weighted by Crippen LogP contribution is 2.13. The number of nitrogens with one attached hydrogen (secondary N) is 1. The maximum Gasteiger partial charge on any atom is 0.245 e. The minimum atomic E-state index is -0.501. The van der Waals surface area contributed by atoms with Crippen molar-refractivity contribution in [3.05, 3.63) is 16.6 Å². The van der Waals surface area contributed by atoms with Gasteiger partial charge in [-0.3, -0.25) is 9.63 Å². The molecule has 0 saturated heterocycles. The van der Waals surface area contributed by atoms with Crippen molar-refractivity contribution >= 4 is 17.2 Å². The summed E-state index contributed by atoms with van der Waals surface area (Å²) in [5, 5.41) is 2.78. The van der Waals surface area contributed by atoms with Crippen LogP contribution in [0.1, 0.15) is 18.0 Å². The first-order valence-corrected chi connectivity index (χ1v) is 4.63. The van der Waals surface area contributed by atoms with E-state index in [1.807, 2.05) is 12.3 Å². The van der Waals surface area contributed by atoms with Gasteiger partial charge in [-0.1, -0.05) is 0 Å². The molecule has 1 unspecified atom stereocenters. The number of amides is 1. The molecule has 0 aliphatic heterocycles. The van der Waals surface area contributed by atoms with Crippen molar-refractivity contribution in [2.75, 3.05) is 6.61 Å². The Morgan fingerprint density at radius 3 is 3.23 bits per heavy atom. The van der Waals surface area contributed by atoms with Gasteiger partial charge in [-0.25, -0.2) is 4.98 Å². The normalized spacial score (nSPS) is 12.7. The van der Waals surface area contributed by atoms with Gasteiger partial charge in [0, 0.05) is 11.6 Å². The molecule has 0 bridgehead atoms. The van der Waals surface area contributed by atoms with Crippen molar-refractivity contribution in [2.45, 2.75) is 13.0 Å². The van der Waals surface area contributed by atoms with E-state index in [4.69, 9.17) is 10.6 Å². The van der Waals surface area contributed by atoms with Gasteiger partial charge < -0.3 is 5.73 Å². The van der Waals surface area contributed by atoms with Crippen molar-refractivity contribution in [3.8, 4) is 0 Å². The first kappa shape index (κ1) is 10.1. The standard InChI is InChI=1S/C7H11N3O2S/c1-5(7-9-2-3-13-7)10-12-4-6(8)11/h2-3,5,10H,4H2,1H3,(H2,8,11). The molecule has 1 amide bonds. The van der Waals surface area contributed by atoms with Crippen molar-refractivity contribution in [2.24, 2.45) is 5.73 Å². The molecule has 6 heteroatoms. The Balaban J connectivity index is 2.26. The second kappa shape index (κ2) is 4.90. The summed E-state index contributed by atoms with van der Waals surface area (Å²) in [6.07, 6.45) is 1.71. The second-order valence-electron chi connectivity index (χ2n) is 2.46. The average molecular weight is 201 g/mol. The fourth-order valence-corrected chi connectivity index (χ4v) is 1.37. The number of hydrogen-bond donors (Lipinski definition) is 2. The smallest absolute Gasteiger partial charge is 0.245 e. The first-order valence-electron chi connectivity index (χ1n) is 3.75. The average Bonchev–Trinajstić information content (AvgIpc) is 2.55. The van der Waals surface area contributed by atoms with Crippen LogP contribution in [0, 0.1) is 0 Å². The number of nitrogens with two attached hydrogens (primary N) is 1. The quantitative estimate of drug-likeness (QED) is 0.668. The number of rotatable bonds is 5. The molecule has 1 rings (SSSR count). The van der Waals surface area contributed by atoms with Gasteiger partial charge in [0.15, 0.2) is 0 Å². The second-order valence-corrected chi connectivity index (χ2v) is 3.39. The van der Waals surface area contributed by atoms with E-state index in [9.17, 15) is 4.79 Å². The molecule has 0 aliphatic carbocycles. The lowest BCUT2D eigenvalue weighted by atomic mass is 10.4. The molecule has 3 N–H and O–H groups in total. The van der Waals surface area contributed by atoms with Gasteiger partial charge in [-0.2, -0.15) is 5.48 Å². The van der Waals surface area contributed by atoms with E-state index < -0.39 is 5.91 Å². The van der Waals surface area contributed by atoms with Crippen molar-refractivity contribution in [1.29, 1.82) is 0 Å². The van der Waals surface area contributed by atoms with Crippen LogP contribution in [0.3, 0.4) is 0 Å². The van der Waals surface area contributed by atoms with Crippen LogP contribution in [0.5, 0.6) is 0 Å². The summed E-state index contributed by atoms with van der Waals surface area (Å²) in [5.74, 6) is -0.501. The van der Waals surface area contributed by atoms with E-state index >= 15 is 0 Å². The molecule has 1 aromatic heterocycles. The molecule has 0 spiro atoms. The third-order valence-electron chi connectivity index (χ3n) is 1.30. The Hall–Kier alpha value is -0.980. The van der Waals surface area contributed by atoms with Crippen LogP contribution in [0.15, 0.2) is 11.6 Å². The summed E-state index contributed by atoms with van der Waals surface area (Å²) >= 11 is 1.52. The molecule has 1 aromatic rings. The number of carbonyl (C=O) groups is 1. The maximum atomic E-state index is 10.3. The molecule has 72 valence electrons. The first-order chi connectivity index (χ1) is 6.20. The monoisotopic (exact) mass is 201 g/mol. The molecular formula is C7H11N3O2S. The molecule has 1 atom stereocenters. The Labute approximate surface area is 79.9 Å². The molecule has 0 aromatic carbocycles. The van der Waals surface area contributed by atoms with E-state index in [2.05, 4.69) is 10.5 Å². The van der Waals surface area contributed by atoms with E-state index in [1.165, 1.54) is 11.3 Å². The van der Waals surface area contributed by atoms with Crippen molar-refractivity contribution < 1.29 is 9.63 Å². The lowest BCUT2D eigenvalue weighted by Crippen LogP contribution is -2.26. The zero-order valence-electron chi connectivity index (χ0n) is 7.19. The Morgan fingerprint density at radius 2 is 2.69 bits per heavy atom. The molecular weight excluding hydrogens is 190 g/mol. The molecule has 0 fully saturated rings. The van der Waals surface area contributed by atoms with Crippen LogP contribution in [0.25, 0.3) is 0 Å². The largest absolute Gasteiger partial charge is 0.368 e. The van der Waals surface area contributed by atoms with Gasteiger partial charge in [0.05, 0.1) is 6.04 Å². The highest BCUT2D eigenvalue weighted by molar-refractivity contribution is 7.09. The predicted octanol–water partition coefficient (Wildman–Crippen LogP) is 0.211. The maximum absolute atomic E-state index is 10.3. The fraction of sp³-hybridized carbons (Fsp3) is 0.429. The number of hydrogen-bond acceptors (Lipinski definition) is 5. The minimum Gasteiger partial charge on any atom is -0.368 e. The van der Waals surface area contributed by atoms with Gasteiger partial charge in [-0.05, 0) is 6.92 Å². The van der Waals surface area contributed by atoms with Crippen LogP contribution in [0.2, 0.25) is 0 Å². The predicted molar refractivity (Wildman–Crippen MR) is 48.8 cm³/mol. The lowest BCUT2D eigenvalue weighted by molar-refractivity contribution is -0.126. The highest BCUT2D eigenvalue weighted by Gasteiger charge is 2.07. The molecule has 0 radical (unpaired) electrons. The van der Waals surface area contributed by atoms with Crippen LogP contribution < -0.4 is 11.2 Å². The Morgan fingerprint density at radius 1 is 1.92 bits per heavy atom. The molecule has 0 saturated carbocycles. The van der Waals surface area contributed by atoms with Crippen molar-refractivity contribution in [1.82, 2.24) is 10.5 Å². The minimum absolute atomic E-state index is 0.0284. The van der Waals surface area contributed by atoms with Crippen LogP contribution in [-0.4, -0.2) is 17.5 Å². The third-order valence-corrected chi connectivity index (χ3v) is 2.25. The van der Waals surface area contributed by atoms with Crippen LogP contribution >= 0.6 is 11.3 Å². The third kappa shape index (κ3) is 3.49. The number of primary amides is 1. The summed E-state index contributed by atoms with van der Waals surface area (Å²) in [5.41, 5.74) is 7.54. The van der Waals surface area contributed by atoms with E-state index in [-0.39, 0.29) is 12.6 Å². The van der Waals surface area contributed by atoms with Gasteiger partial charge in [0.1, 0.15) is 11.6 Å². The van der Waals surface area contributed by atoms with E-state index in [0.29, 0.717) is 0 Å². The highest BCUT2D eigenvalue weighted by atomic mass is 32.1. The summed E-state index contributed by atoms with van der Waals surface area (Å²) in [7, 11) is 0. The topological polar surface area (TPSA) is 77.2 Å². The SMILES string of the molecule is CC(NOCC(N)=O)c1nccs1. The zero-order valence-corrected chi connectivity index (χ0v) is 8.00. The van der Waals surface area contributed by atoms with Crippen LogP contribution in [-0.2, 0) is 9.63 Å². The summed E-state index contributed by atoms with van der Waals surface area (Å²) in [6, 6.07) is -0.0284. The number of hydroxylamine groups is 1. The van der Waals surface area contributed by atoms with Crippen LogP contribution in [0.4, 0.5) is 0 Å². The number of thiazole rings is 1. The summed E-state index contributed by atoms with van der Waals surface area (Å²) in [4.78, 5) is 19.2.